The lowest BCUT2D eigenvalue weighted by atomic mass is 10.2. The zero-order chi connectivity index (χ0) is 14.9. The number of nitrogens with one attached hydrogen (secondary N) is 1. The molecule has 0 bridgehead atoms. The molecule has 0 radical (unpaired) electrons. The van der Waals surface area contributed by atoms with Gasteiger partial charge in [0, 0.05) is 9.64 Å². The molecule has 0 heterocycles. The van der Waals surface area contributed by atoms with Gasteiger partial charge >= 0.3 is 0 Å². The van der Waals surface area contributed by atoms with Crippen molar-refractivity contribution in [1.82, 2.24) is 0 Å². The smallest absolute Gasteiger partial charge is 0.197 e. The Labute approximate surface area is 127 Å². The lowest BCUT2D eigenvalue weighted by Gasteiger charge is -2.12. The highest BCUT2D eigenvalue weighted by atomic mass is 127. The van der Waals surface area contributed by atoms with Crippen molar-refractivity contribution in [3.8, 4) is 5.75 Å². The molecular formula is C13H11F3IN2O+. The monoisotopic (exact) mass is 395 g/mol. The molecular weight excluding hydrogens is 384 g/mol. The van der Waals surface area contributed by atoms with Gasteiger partial charge in [-0.15, -0.1) is 0 Å². The summed E-state index contributed by atoms with van der Waals surface area (Å²) in [6.07, 6.45) is 0. The summed E-state index contributed by atoms with van der Waals surface area (Å²) in [6, 6.07) is 5.25. The van der Waals surface area contributed by atoms with E-state index in [1.807, 2.05) is 22.6 Å². The second kappa shape index (κ2) is 5.88. The van der Waals surface area contributed by atoms with Crippen LogP contribution in [0.5, 0.6) is 5.75 Å². The van der Waals surface area contributed by atoms with E-state index in [-0.39, 0.29) is 22.8 Å². The molecule has 20 heavy (non-hydrogen) atoms. The average Bonchev–Trinajstić information content (AvgIpc) is 2.41. The van der Waals surface area contributed by atoms with Gasteiger partial charge in [-0.05, 0) is 40.8 Å². The molecule has 2 aromatic rings. The molecule has 0 aliphatic rings. The van der Waals surface area contributed by atoms with Crippen LogP contribution in [0.2, 0.25) is 0 Å². The normalized spacial score (nSPS) is 10.5. The lowest BCUT2D eigenvalue weighted by molar-refractivity contribution is -0.255. The van der Waals surface area contributed by atoms with Gasteiger partial charge in [-0.3, -0.25) is 0 Å². The zero-order valence-corrected chi connectivity index (χ0v) is 12.6. The number of hydrogen-bond acceptors (Lipinski definition) is 2. The number of anilines is 2. The Hall–Kier alpha value is -1.48. The molecule has 4 N–H and O–H groups in total. The largest absolute Gasteiger partial charge is 0.491 e. The van der Waals surface area contributed by atoms with E-state index in [0.29, 0.717) is 3.57 Å². The van der Waals surface area contributed by atoms with Crippen molar-refractivity contribution in [1.29, 1.82) is 0 Å². The van der Waals surface area contributed by atoms with Gasteiger partial charge in [-0.25, -0.2) is 13.2 Å². The molecule has 0 spiro atoms. The standard InChI is InChI=1S/C13H10F3IN2O/c1-20-10-5-8(15)11(16)13(12(10)18)19-9-3-2-6(17)4-7(9)14/h2-5,19H,18H2,1H3/p+1. The summed E-state index contributed by atoms with van der Waals surface area (Å²) in [5.74, 6) is -2.72. The van der Waals surface area contributed by atoms with Gasteiger partial charge in [-0.1, -0.05) is 0 Å². The van der Waals surface area contributed by atoms with Crippen LogP contribution >= 0.6 is 22.6 Å². The topological polar surface area (TPSA) is 48.9 Å². The summed E-state index contributed by atoms with van der Waals surface area (Å²) in [5.41, 5.74) is 3.51. The van der Waals surface area contributed by atoms with Crippen molar-refractivity contribution >= 4 is 39.7 Å². The third-order valence-corrected chi connectivity index (χ3v) is 3.37. The van der Waals surface area contributed by atoms with E-state index in [2.05, 4.69) is 11.1 Å². The maximum absolute atomic E-state index is 13.8. The van der Waals surface area contributed by atoms with Gasteiger partial charge in [-0.2, -0.15) is 0 Å². The molecule has 0 aliphatic heterocycles. The third-order valence-electron chi connectivity index (χ3n) is 2.70. The molecule has 2 rings (SSSR count). The van der Waals surface area contributed by atoms with E-state index in [1.165, 1.54) is 19.2 Å². The molecule has 0 aliphatic carbocycles. The fourth-order valence-electron chi connectivity index (χ4n) is 1.68. The Kier molecular flexibility index (Phi) is 4.39. The summed E-state index contributed by atoms with van der Waals surface area (Å²) in [4.78, 5) is 0. The molecule has 0 atom stereocenters. The van der Waals surface area contributed by atoms with Crippen molar-refractivity contribution in [2.45, 2.75) is 0 Å². The van der Waals surface area contributed by atoms with Crippen molar-refractivity contribution in [3.05, 3.63) is 45.3 Å². The maximum Gasteiger partial charge on any atom is 0.197 e. The molecule has 0 fully saturated rings. The van der Waals surface area contributed by atoms with Crippen molar-refractivity contribution in [3.63, 3.8) is 0 Å². The SMILES string of the molecule is COc1cc(F)c(F)c(Nc2ccc(I)cc2F)c1[NH3+]. The molecule has 0 amide bonds. The fourth-order valence-corrected chi connectivity index (χ4v) is 2.13. The van der Waals surface area contributed by atoms with E-state index >= 15 is 0 Å². The van der Waals surface area contributed by atoms with Crippen molar-refractivity contribution in [2.75, 3.05) is 12.4 Å². The minimum atomic E-state index is -1.13. The molecule has 0 aromatic heterocycles. The lowest BCUT2D eigenvalue weighted by Crippen LogP contribution is -2.41. The van der Waals surface area contributed by atoms with Gasteiger partial charge in [0.2, 0.25) is 0 Å². The Morgan fingerprint density at radius 2 is 1.85 bits per heavy atom. The molecule has 7 heteroatoms. The minimum Gasteiger partial charge on any atom is -0.491 e. The second-order valence-corrected chi connectivity index (χ2v) is 5.22. The minimum absolute atomic E-state index is 0.0295. The maximum atomic E-state index is 13.8. The van der Waals surface area contributed by atoms with Crippen LogP contribution in [0.25, 0.3) is 0 Å². The first-order valence-electron chi connectivity index (χ1n) is 5.54. The number of methoxy groups -OCH3 is 1. The van der Waals surface area contributed by atoms with Gasteiger partial charge < -0.3 is 15.8 Å². The fraction of sp³-hybridized carbons (Fsp3) is 0.0769. The highest BCUT2D eigenvalue weighted by Crippen LogP contribution is 2.35. The van der Waals surface area contributed by atoms with Crippen LogP contribution in [-0.4, -0.2) is 7.11 Å². The van der Waals surface area contributed by atoms with Gasteiger partial charge in [0.1, 0.15) is 11.5 Å². The molecule has 3 nitrogen and oxygen atoms in total. The van der Waals surface area contributed by atoms with Crippen LogP contribution in [0.3, 0.4) is 0 Å². The van der Waals surface area contributed by atoms with Crippen LogP contribution in [0.15, 0.2) is 24.3 Å². The van der Waals surface area contributed by atoms with E-state index < -0.39 is 17.5 Å². The van der Waals surface area contributed by atoms with E-state index in [4.69, 9.17) is 4.74 Å². The number of benzene rings is 2. The van der Waals surface area contributed by atoms with E-state index in [0.717, 1.165) is 6.07 Å². The summed E-state index contributed by atoms with van der Waals surface area (Å²) in [5, 5.41) is 2.52. The van der Waals surface area contributed by atoms with Crippen LogP contribution in [-0.2, 0) is 0 Å². The quantitative estimate of drug-likeness (QED) is 0.784. The number of quaternary nitrogens is 1. The second-order valence-electron chi connectivity index (χ2n) is 3.98. The summed E-state index contributed by atoms with van der Waals surface area (Å²) in [7, 11) is 1.32. The summed E-state index contributed by atoms with van der Waals surface area (Å²) >= 11 is 1.95. The number of hydrogen-bond donors (Lipinski definition) is 2. The number of rotatable bonds is 3. The average molecular weight is 395 g/mol. The zero-order valence-electron chi connectivity index (χ0n) is 10.4. The molecule has 106 valence electrons. The van der Waals surface area contributed by atoms with Crippen LogP contribution in [0.1, 0.15) is 0 Å². The number of halogens is 4. The Morgan fingerprint density at radius 3 is 2.45 bits per heavy atom. The third kappa shape index (κ3) is 2.83. The predicted molar refractivity (Wildman–Crippen MR) is 77.9 cm³/mol. The Morgan fingerprint density at radius 1 is 1.15 bits per heavy atom. The molecule has 0 saturated carbocycles. The van der Waals surface area contributed by atoms with Gasteiger partial charge in [0.15, 0.2) is 23.1 Å². The molecule has 0 unspecified atom stereocenters. The Balaban J connectivity index is 2.50. The highest BCUT2D eigenvalue weighted by Gasteiger charge is 2.21. The first-order chi connectivity index (χ1) is 9.43. The van der Waals surface area contributed by atoms with E-state index in [1.54, 1.807) is 6.07 Å². The number of ether oxygens (including phenoxy) is 1. The molecule has 0 saturated heterocycles. The van der Waals surface area contributed by atoms with E-state index in [9.17, 15) is 13.2 Å². The predicted octanol–water partition coefficient (Wildman–Crippen LogP) is 3.33. The first kappa shape index (κ1) is 14.9. The summed E-state index contributed by atoms with van der Waals surface area (Å²) < 4.78 is 46.6. The van der Waals surface area contributed by atoms with Crippen LogP contribution in [0.4, 0.5) is 30.2 Å². The van der Waals surface area contributed by atoms with Gasteiger partial charge in [0.05, 0.1) is 12.8 Å². The van der Waals surface area contributed by atoms with Crippen LogP contribution < -0.4 is 15.8 Å². The van der Waals surface area contributed by atoms with Crippen molar-refractivity contribution < 1.29 is 23.6 Å². The summed E-state index contributed by atoms with van der Waals surface area (Å²) in [6.45, 7) is 0. The van der Waals surface area contributed by atoms with Crippen LogP contribution in [0, 0.1) is 21.0 Å². The molecule has 2 aromatic carbocycles. The van der Waals surface area contributed by atoms with Crippen molar-refractivity contribution in [2.24, 2.45) is 0 Å². The van der Waals surface area contributed by atoms with Gasteiger partial charge in [0.25, 0.3) is 0 Å². The first-order valence-corrected chi connectivity index (χ1v) is 6.62. The Bertz CT molecular complexity index is 665. The highest BCUT2D eigenvalue weighted by molar-refractivity contribution is 14.1.